The van der Waals surface area contributed by atoms with Gasteiger partial charge in [0.2, 0.25) is 0 Å². The molecule has 0 aliphatic carbocycles. The minimum atomic E-state index is -0.128. The lowest BCUT2D eigenvalue weighted by atomic mass is 10.2. The van der Waals surface area contributed by atoms with E-state index in [0.717, 1.165) is 59.6 Å². The first-order valence-corrected chi connectivity index (χ1v) is 11.9. The summed E-state index contributed by atoms with van der Waals surface area (Å²) in [5, 5.41) is 3.96. The van der Waals surface area contributed by atoms with Crippen LogP contribution in [0.2, 0.25) is 0 Å². The highest BCUT2D eigenvalue weighted by Gasteiger charge is 2.22. The topological polar surface area (TPSA) is 85.4 Å². The monoisotopic (exact) mass is 486 g/mol. The Bertz CT molecular complexity index is 1100. The molecule has 1 aliphatic rings. The van der Waals surface area contributed by atoms with Crippen LogP contribution in [0.15, 0.2) is 30.3 Å². The van der Waals surface area contributed by atoms with Crippen LogP contribution in [-0.2, 0) is 0 Å². The molecule has 9 nitrogen and oxygen atoms in total. The van der Waals surface area contributed by atoms with Gasteiger partial charge in [0.1, 0.15) is 21.7 Å². The van der Waals surface area contributed by atoms with E-state index in [4.69, 9.17) is 23.9 Å². The molecule has 0 spiro atoms. The first-order chi connectivity index (χ1) is 16.6. The Morgan fingerprint density at radius 2 is 1.56 bits per heavy atom. The van der Waals surface area contributed by atoms with Gasteiger partial charge in [0.05, 0.1) is 28.4 Å². The van der Waals surface area contributed by atoms with Crippen LogP contribution < -0.4 is 29.2 Å². The number of anilines is 1. The minimum Gasteiger partial charge on any atom is -0.495 e. The van der Waals surface area contributed by atoms with Crippen molar-refractivity contribution in [3.05, 3.63) is 35.9 Å². The molecule has 0 radical (unpaired) electrons. The number of rotatable bonds is 9. The number of nitrogens with zero attached hydrogens (tertiary/aromatic N) is 3. The predicted molar refractivity (Wildman–Crippen MR) is 133 cm³/mol. The molecule has 1 fully saturated rings. The molecule has 3 aromatic rings. The summed E-state index contributed by atoms with van der Waals surface area (Å²) in [6, 6.07) is 8.96. The van der Waals surface area contributed by atoms with Gasteiger partial charge in [-0.2, -0.15) is 0 Å². The zero-order valence-electron chi connectivity index (χ0n) is 19.9. The van der Waals surface area contributed by atoms with Gasteiger partial charge >= 0.3 is 0 Å². The number of methoxy groups -OCH3 is 4. The summed E-state index contributed by atoms with van der Waals surface area (Å²) in [4.78, 5) is 22.0. The second kappa shape index (κ2) is 10.8. The summed E-state index contributed by atoms with van der Waals surface area (Å²) in [7, 11) is 6.45. The maximum Gasteiger partial charge on any atom is 0.251 e. The van der Waals surface area contributed by atoms with Crippen molar-refractivity contribution < 1.29 is 23.7 Å². The first-order valence-electron chi connectivity index (χ1n) is 11.1. The van der Waals surface area contributed by atoms with Crippen LogP contribution in [0.5, 0.6) is 23.0 Å². The number of benzene rings is 2. The fourth-order valence-electron chi connectivity index (χ4n) is 3.98. The molecular formula is C24H30N4O5S. The van der Waals surface area contributed by atoms with Gasteiger partial charge in [-0.25, -0.2) is 4.98 Å². The van der Waals surface area contributed by atoms with E-state index in [-0.39, 0.29) is 5.91 Å². The van der Waals surface area contributed by atoms with E-state index in [9.17, 15) is 4.79 Å². The van der Waals surface area contributed by atoms with E-state index in [1.807, 2.05) is 12.1 Å². The van der Waals surface area contributed by atoms with Crippen molar-refractivity contribution in [3.63, 3.8) is 0 Å². The second-order valence-electron chi connectivity index (χ2n) is 7.80. The molecule has 0 atom stereocenters. The maximum atomic E-state index is 12.5. The Morgan fingerprint density at radius 1 is 0.912 bits per heavy atom. The van der Waals surface area contributed by atoms with E-state index >= 15 is 0 Å². The summed E-state index contributed by atoms with van der Waals surface area (Å²) in [5.74, 6) is 2.57. The molecule has 0 saturated carbocycles. The van der Waals surface area contributed by atoms with E-state index < -0.39 is 0 Å². The Balaban J connectivity index is 1.30. The van der Waals surface area contributed by atoms with Gasteiger partial charge in [-0.05, 0) is 30.3 Å². The van der Waals surface area contributed by atoms with Crippen molar-refractivity contribution in [1.82, 2.24) is 15.2 Å². The maximum absolute atomic E-state index is 12.5. The molecule has 2 heterocycles. The Hall–Kier alpha value is -3.24. The lowest BCUT2D eigenvalue weighted by Crippen LogP contribution is -2.48. The highest BCUT2D eigenvalue weighted by molar-refractivity contribution is 7.22. The van der Waals surface area contributed by atoms with Crippen molar-refractivity contribution >= 4 is 32.6 Å². The zero-order valence-corrected chi connectivity index (χ0v) is 20.7. The smallest absolute Gasteiger partial charge is 0.251 e. The van der Waals surface area contributed by atoms with Crippen molar-refractivity contribution in [1.29, 1.82) is 0 Å². The molecule has 1 amide bonds. The molecule has 1 aliphatic heterocycles. The average Bonchev–Trinajstić information content (AvgIpc) is 3.33. The van der Waals surface area contributed by atoms with Gasteiger partial charge in [0, 0.05) is 44.8 Å². The van der Waals surface area contributed by atoms with Gasteiger partial charge < -0.3 is 29.2 Å². The summed E-state index contributed by atoms with van der Waals surface area (Å²) >= 11 is 1.63. The number of fused-ring (bicyclic) bond motifs is 1. The summed E-state index contributed by atoms with van der Waals surface area (Å²) in [6.45, 7) is 4.89. The number of carbonyl (C=O) groups excluding carboxylic acids is 1. The van der Waals surface area contributed by atoms with Crippen LogP contribution in [-0.4, -0.2) is 83.5 Å². The minimum absolute atomic E-state index is 0.128. The predicted octanol–water partition coefficient (Wildman–Crippen LogP) is 2.88. The largest absolute Gasteiger partial charge is 0.495 e. The zero-order chi connectivity index (χ0) is 24.1. The number of hydrogen-bond donors (Lipinski definition) is 1. The number of hydrogen-bond acceptors (Lipinski definition) is 9. The molecule has 1 aromatic heterocycles. The van der Waals surface area contributed by atoms with Gasteiger partial charge in [0.15, 0.2) is 16.6 Å². The van der Waals surface area contributed by atoms with Crippen LogP contribution in [0.25, 0.3) is 10.2 Å². The van der Waals surface area contributed by atoms with Crippen molar-refractivity contribution in [3.8, 4) is 23.0 Å². The van der Waals surface area contributed by atoms with Crippen molar-refractivity contribution in [2.45, 2.75) is 0 Å². The summed E-state index contributed by atoms with van der Waals surface area (Å²) < 4.78 is 22.5. The van der Waals surface area contributed by atoms with Crippen LogP contribution in [0.3, 0.4) is 0 Å². The van der Waals surface area contributed by atoms with Crippen LogP contribution in [0.1, 0.15) is 10.4 Å². The lowest BCUT2D eigenvalue weighted by molar-refractivity contribution is 0.0947. The molecule has 1 N–H and O–H groups in total. The van der Waals surface area contributed by atoms with E-state index in [1.54, 1.807) is 58.0 Å². The number of carbonyl (C=O) groups is 1. The number of amides is 1. The summed E-state index contributed by atoms with van der Waals surface area (Å²) in [6.07, 6.45) is 0. The number of aromatic nitrogens is 1. The fraction of sp³-hybridized carbons (Fsp3) is 0.417. The summed E-state index contributed by atoms with van der Waals surface area (Å²) in [5.41, 5.74) is 1.38. The first kappa shape index (κ1) is 23.9. The quantitative estimate of drug-likeness (QED) is 0.494. The van der Waals surface area contributed by atoms with E-state index in [0.29, 0.717) is 23.6 Å². The third kappa shape index (κ3) is 4.97. The Kier molecular flexibility index (Phi) is 7.59. The number of thiazole rings is 1. The van der Waals surface area contributed by atoms with Crippen molar-refractivity contribution in [2.24, 2.45) is 0 Å². The van der Waals surface area contributed by atoms with Crippen molar-refractivity contribution in [2.75, 3.05) is 72.6 Å². The number of ether oxygens (including phenoxy) is 4. The molecule has 1 saturated heterocycles. The standard InChI is InChI=1S/C24H30N4O5S/c1-30-17-6-5-16(15-20(17)33-4)23(29)25-9-10-27-11-13-28(14-12-27)24-26-21-18(31-2)7-8-19(32-3)22(21)34-24/h5-8,15H,9-14H2,1-4H3,(H,25,29). The molecule has 10 heteroatoms. The third-order valence-electron chi connectivity index (χ3n) is 5.90. The van der Waals surface area contributed by atoms with E-state index in [2.05, 4.69) is 15.1 Å². The van der Waals surface area contributed by atoms with Crippen LogP contribution in [0.4, 0.5) is 5.13 Å². The third-order valence-corrected chi connectivity index (χ3v) is 7.03. The second-order valence-corrected chi connectivity index (χ2v) is 8.78. The molecule has 34 heavy (non-hydrogen) atoms. The Morgan fingerprint density at radius 3 is 2.24 bits per heavy atom. The lowest BCUT2D eigenvalue weighted by Gasteiger charge is -2.34. The molecule has 2 aromatic carbocycles. The molecule has 0 unspecified atom stereocenters. The highest BCUT2D eigenvalue weighted by Crippen LogP contribution is 2.40. The van der Waals surface area contributed by atoms with Crippen LogP contribution >= 0.6 is 11.3 Å². The SMILES string of the molecule is COc1ccc(C(=O)NCCN2CCN(c3nc4c(OC)ccc(OC)c4s3)CC2)cc1OC. The van der Waals surface area contributed by atoms with Crippen LogP contribution in [0, 0.1) is 0 Å². The average molecular weight is 487 g/mol. The highest BCUT2D eigenvalue weighted by atomic mass is 32.1. The number of nitrogens with one attached hydrogen (secondary N) is 1. The normalized spacial score (nSPS) is 14.2. The van der Waals surface area contributed by atoms with E-state index in [1.165, 1.54) is 0 Å². The fourth-order valence-corrected chi connectivity index (χ4v) is 5.11. The van der Waals surface area contributed by atoms with Gasteiger partial charge in [-0.1, -0.05) is 11.3 Å². The molecule has 182 valence electrons. The molecular weight excluding hydrogens is 456 g/mol. The van der Waals surface area contributed by atoms with Gasteiger partial charge in [0.25, 0.3) is 5.91 Å². The number of piperazine rings is 1. The Labute approximate surface area is 203 Å². The van der Waals surface area contributed by atoms with Gasteiger partial charge in [-0.15, -0.1) is 0 Å². The molecule has 4 rings (SSSR count). The van der Waals surface area contributed by atoms with Gasteiger partial charge in [-0.3, -0.25) is 9.69 Å². The molecule has 0 bridgehead atoms.